The zero-order valence-corrected chi connectivity index (χ0v) is 17.1. The number of hydrazone groups is 1. The van der Waals surface area contributed by atoms with Crippen molar-refractivity contribution >= 4 is 33.7 Å². The van der Waals surface area contributed by atoms with Gasteiger partial charge in [0, 0.05) is 23.4 Å². The lowest BCUT2D eigenvalue weighted by Gasteiger charge is -2.22. The summed E-state index contributed by atoms with van der Waals surface area (Å²) >= 11 is 1.19. The zero-order chi connectivity index (χ0) is 20.4. The van der Waals surface area contributed by atoms with Gasteiger partial charge in [-0.3, -0.25) is 4.79 Å². The van der Waals surface area contributed by atoms with E-state index in [1.807, 2.05) is 42.5 Å². The van der Waals surface area contributed by atoms with Crippen LogP contribution in [0.1, 0.15) is 12.5 Å². The molecular weight excluding hydrogens is 388 g/mol. The Bertz CT molecular complexity index is 1090. The van der Waals surface area contributed by atoms with Gasteiger partial charge < -0.3 is 14.4 Å². The van der Waals surface area contributed by atoms with Crippen LogP contribution in [0.4, 0.5) is 4.79 Å². The number of carbonyl (C=O) groups is 1. The fourth-order valence-corrected chi connectivity index (χ4v) is 4.17. The molecule has 7 nitrogen and oxygen atoms in total. The van der Waals surface area contributed by atoms with Crippen molar-refractivity contribution < 1.29 is 14.6 Å². The molecule has 150 valence electrons. The summed E-state index contributed by atoms with van der Waals surface area (Å²) in [6.07, 6.45) is 0. The molecule has 1 amide bonds. The van der Waals surface area contributed by atoms with Gasteiger partial charge in [0.05, 0.1) is 37.0 Å². The maximum absolute atomic E-state index is 11.9. The van der Waals surface area contributed by atoms with Crippen molar-refractivity contribution in [3.05, 3.63) is 48.0 Å². The lowest BCUT2D eigenvalue weighted by molar-refractivity contribution is 0.200. The summed E-state index contributed by atoms with van der Waals surface area (Å²) < 4.78 is 7.53. The molecule has 1 aromatic heterocycles. The quantitative estimate of drug-likeness (QED) is 0.672. The number of aromatic nitrogens is 2. The van der Waals surface area contributed by atoms with E-state index in [2.05, 4.69) is 16.6 Å². The fraction of sp³-hybridized carbons (Fsp3) is 0.286. The number of imidazole rings is 1. The van der Waals surface area contributed by atoms with Crippen LogP contribution >= 0.6 is 11.8 Å². The zero-order valence-electron chi connectivity index (χ0n) is 16.3. The Morgan fingerprint density at radius 1 is 1.21 bits per heavy atom. The number of amides is 1. The maximum Gasteiger partial charge on any atom is 0.302 e. The Kier molecular flexibility index (Phi) is 5.55. The number of β-amino-alcohol motifs (C(OH)–C–C–N with tert-alkyl or cyclic N) is 1. The highest BCUT2D eigenvalue weighted by Gasteiger charge is 2.22. The predicted molar refractivity (Wildman–Crippen MR) is 116 cm³/mol. The molecule has 0 bridgehead atoms. The third-order valence-electron chi connectivity index (χ3n) is 4.82. The molecule has 0 atom stereocenters. The molecule has 0 fully saturated rings. The molecule has 0 spiro atoms. The first kappa shape index (κ1) is 19.5. The molecule has 1 N–H and O–H groups in total. The lowest BCUT2D eigenvalue weighted by atomic mass is 10.1. The van der Waals surface area contributed by atoms with Gasteiger partial charge in [0.15, 0.2) is 0 Å². The van der Waals surface area contributed by atoms with E-state index in [0.717, 1.165) is 46.0 Å². The molecule has 2 heterocycles. The highest BCUT2D eigenvalue weighted by molar-refractivity contribution is 8.14. The van der Waals surface area contributed by atoms with Crippen molar-refractivity contribution in [2.24, 2.45) is 5.10 Å². The van der Waals surface area contributed by atoms with E-state index in [9.17, 15) is 4.79 Å². The Hall–Kier alpha value is -2.84. The average molecular weight is 410 g/mol. The lowest BCUT2D eigenvalue weighted by Crippen LogP contribution is -2.32. The highest BCUT2D eigenvalue weighted by atomic mass is 32.2. The van der Waals surface area contributed by atoms with Crippen molar-refractivity contribution in [1.82, 2.24) is 14.6 Å². The van der Waals surface area contributed by atoms with Crippen molar-refractivity contribution in [2.75, 3.05) is 26.0 Å². The standard InChI is InChI=1S/C21H22N4O3S/c1-3-24-19-8-7-14(18-13-29-21(27)25(23-18)9-10-26)12-17(19)22-20(24)15-5-4-6-16(11-15)28-2/h4-8,11-12,26H,3,9-10,13H2,1-2H3. The first-order valence-electron chi connectivity index (χ1n) is 9.42. The summed E-state index contributed by atoms with van der Waals surface area (Å²) in [6.45, 7) is 2.96. The summed E-state index contributed by atoms with van der Waals surface area (Å²) in [6, 6.07) is 13.9. The van der Waals surface area contributed by atoms with Crippen LogP contribution in [-0.2, 0) is 6.54 Å². The monoisotopic (exact) mass is 410 g/mol. The van der Waals surface area contributed by atoms with Crippen molar-refractivity contribution in [2.45, 2.75) is 13.5 Å². The molecule has 2 aromatic carbocycles. The molecule has 0 saturated heterocycles. The fourth-order valence-electron chi connectivity index (χ4n) is 3.41. The minimum atomic E-state index is -0.139. The average Bonchev–Trinajstić information content (AvgIpc) is 3.13. The van der Waals surface area contributed by atoms with Crippen molar-refractivity contribution in [3.8, 4) is 17.1 Å². The van der Waals surface area contributed by atoms with Crippen LogP contribution in [0.15, 0.2) is 47.6 Å². The van der Waals surface area contributed by atoms with Crippen LogP contribution in [0.5, 0.6) is 5.75 Å². The number of aryl methyl sites for hydroxylation is 1. The molecule has 0 unspecified atom stereocenters. The van der Waals surface area contributed by atoms with Crippen LogP contribution in [0, 0.1) is 0 Å². The Morgan fingerprint density at radius 2 is 2.07 bits per heavy atom. The van der Waals surface area contributed by atoms with Gasteiger partial charge in [-0.05, 0) is 31.2 Å². The topological polar surface area (TPSA) is 79.9 Å². The minimum absolute atomic E-state index is 0.118. The molecule has 0 aliphatic carbocycles. The summed E-state index contributed by atoms with van der Waals surface area (Å²) in [7, 11) is 1.65. The number of benzene rings is 2. The van der Waals surface area contributed by atoms with Crippen molar-refractivity contribution in [1.29, 1.82) is 0 Å². The number of thioether (sulfide) groups is 1. The first-order valence-corrected chi connectivity index (χ1v) is 10.4. The van der Waals surface area contributed by atoms with Crippen LogP contribution in [0.3, 0.4) is 0 Å². The maximum atomic E-state index is 11.9. The van der Waals surface area contributed by atoms with Gasteiger partial charge >= 0.3 is 5.24 Å². The molecule has 29 heavy (non-hydrogen) atoms. The molecule has 0 saturated carbocycles. The van der Waals surface area contributed by atoms with E-state index in [-0.39, 0.29) is 18.4 Å². The van der Waals surface area contributed by atoms with E-state index in [1.165, 1.54) is 16.8 Å². The Labute approximate surface area is 173 Å². The van der Waals surface area contributed by atoms with Crippen LogP contribution < -0.4 is 4.74 Å². The number of aliphatic hydroxyl groups is 1. The van der Waals surface area contributed by atoms with Crippen LogP contribution in [0.25, 0.3) is 22.4 Å². The number of fused-ring (bicyclic) bond motifs is 1. The molecule has 1 aliphatic rings. The van der Waals surface area contributed by atoms with Crippen molar-refractivity contribution in [3.63, 3.8) is 0 Å². The van der Waals surface area contributed by atoms with Gasteiger partial charge in [-0.15, -0.1) is 0 Å². The second kappa shape index (κ2) is 8.26. The van der Waals surface area contributed by atoms with Crippen LogP contribution in [-0.4, -0.2) is 56.6 Å². The van der Waals surface area contributed by atoms with E-state index >= 15 is 0 Å². The van der Waals surface area contributed by atoms with Gasteiger partial charge in [0.25, 0.3) is 0 Å². The molecule has 1 aliphatic heterocycles. The number of hydrogen-bond acceptors (Lipinski definition) is 6. The molecule has 8 heteroatoms. The predicted octanol–water partition coefficient (Wildman–Crippen LogP) is 3.60. The van der Waals surface area contributed by atoms with Gasteiger partial charge in [0.1, 0.15) is 11.6 Å². The van der Waals surface area contributed by atoms with Gasteiger partial charge in [0.2, 0.25) is 0 Å². The number of hydrogen-bond donors (Lipinski definition) is 1. The summed E-state index contributed by atoms with van der Waals surface area (Å²) in [5.41, 5.74) is 4.65. The van der Waals surface area contributed by atoms with Gasteiger partial charge in [-0.2, -0.15) is 5.10 Å². The molecule has 3 aromatic rings. The largest absolute Gasteiger partial charge is 0.497 e. The number of ether oxygens (including phenoxy) is 1. The van der Waals surface area contributed by atoms with Gasteiger partial charge in [-0.25, -0.2) is 9.99 Å². The normalized spacial score (nSPS) is 14.4. The summed E-state index contributed by atoms with van der Waals surface area (Å²) in [5.74, 6) is 2.18. The summed E-state index contributed by atoms with van der Waals surface area (Å²) in [5, 5.41) is 14.8. The second-order valence-corrected chi connectivity index (χ2v) is 7.49. The van der Waals surface area contributed by atoms with E-state index in [1.54, 1.807) is 7.11 Å². The van der Waals surface area contributed by atoms with Gasteiger partial charge in [-0.1, -0.05) is 30.0 Å². The number of nitrogens with zero attached hydrogens (tertiary/aromatic N) is 4. The number of aliphatic hydroxyl groups excluding tert-OH is 1. The van der Waals surface area contributed by atoms with E-state index in [4.69, 9.17) is 14.8 Å². The third-order valence-corrected chi connectivity index (χ3v) is 5.70. The molecule has 4 rings (SSSR count). The third kappa shape index (κ3) is 3.73. The number of carbonyl (C=O) groups excluding carboxylic acids is 1. The summed E-state index contributed by atoms with van der Waals surface area (Å²) in [4.78, 5) is 16.8. The number of rotatable bonds is 6. The van der Waals surface area contributed by atoms with E-state index in [0.29, 0.717) is 5.75 Å². The second-order valence-electron chi connectivity index (χ2n) is 6.56. The van der Waals surface area contributed by atoms with Crippen LogP contribution in [0.2, 0.25) is 0 Å². The minimum Gasteiger partial charge on any atom is -0.497 e. The number of methoxy groups -OCH3 is 1. The smallest absolute Gasteiger partial charge is 0.302 e. The molecule has 0 radical (unpaired) electrons. The highest BCUT2D eigenvalue weighted by Crippen LogP contribution is 2.29. The Balaban J connectivity index is 1.77. The molecular formula is C21H22N4O3S. The SMILES string of the molecule is CCn1c(-c2cccc(OC)c2)nc2cc(C3=NN(CCO)C(=O)SC3)ccc21. The Morgan fingerprint density at radius 3 is 2.83 bits per heavy atom. The first-order chi connectivity index (χ1) is 14.1. The van der Waals surface area contributed by atoms with E-state index < -0.39 is 0 Å².